The molecule has 8 heteroatoms. The highest BCUT2D eigenvalue weighted by atomic mass is 35.7. The quantitative estimate of drug-likeness (QED) is 0.683. The summed E-state index contributed by atoms with van der Waals surface area (Å²) in [7, 11) is 1.38. The van der Waals surface area contributed by atoms with Crippen LogP contribution in [0, 0.1) is 0 Å². The average molecular weight is 386 g/mol. The Kier molecular flexibility index (Phi) is 5.28. The van der Waals surface area contributed by atoms with Gasteiger partial charge >= 0.3 is 0 Å². The molecule has 21 heavy (non-hydrogen) atoms. The molecule has 0 radical (unpaired) electrons. The molecule has 0 heterocycles. The van der Waals surface area contributed by atoms with Crippen LogP contribution in [-0.2, 0) is 15.7 Å². The first-order valence-corrected chi connectivity index (χ1v) is 9.03. The molecular weight excluding hydrogens is 378 g/mol. The Balaban J connectivity index is 2.33. The zero-order valence-corrected chi connectivity index (χ0v) is 14.2. The third-order valence-electron chi connectivity index (χ3n) is 2.60. The molecule has 2 rings (SSSR count). The number of hydrogen-bond acceptors (Lipinski definition) is 3. The van der Waals surface area contributed by atoms with Crippen LogP contribution in [0.1, 0.15) is 5.56 Å². The highest BCUT2D eigenvalue weighted by Gasteiger charge is 2.18. The molecule has 0 saturated carbocycles. The first-order chi connectivity index (χ1) is 9.79. The summed E-state index contributed by atoms with van der Waals surface area (Å²) in [6.45, 7) is -0.000448. The van der Waals surface area contributed by atoms with Crippen molar-refractivity contribution < 1.29 is 13.2 Å². The van der Waals surface area contributed by atoms with Gasteiger partial charge in [-0.05, 0) is 30.3 Å². The van der Waals surface area contributed by atoms with Crippen LogP contribution in [0.15, 0.2) is 41.3 Å². The average Bonchev–Trinajstić information content (AvgIpc) is 2.38. The molecule has 0 saturated heterocycles. The SMILES string of the molecule is O=S(=O)(Cl)c1cc(Cl)ccc1OCc1c(Cl)cccc1Cl. The third kappa shape index (κ3) is 4.18. The van der Waals surface area contributed by atoms with E-state index in [1.54, 1.807) is 18.2 Å². The maximum atomic E-state index is 11.5. The number of halogens is 4. The highest BCUT2D eigenvalue weighted by Crippen LogP contribution is 2.32. The van der Waals surface area contributed by atoms with Crippen LogP contribution < -0.4 is 4.74 Å². The van der Waals surface area contributed by atoms with E-state index in [0.29, 0.717) is 15.6 Å². The normalized spacial score (nSPS) is 11.4. The van der Waals surface area contributed by atoms with Crippen LogP contribution in [0.5, 0.6) is 5.75 Å². The number of ether oxygens (including phenoxy) is 1. The lowest BCUT2D eigenvalue weighted by Crippen LogP contribution is -2.02. The highest BCUT2D eigenvalue weighted by molar-refractivity contribution is 8.13. The van der Waals surface area contributed by atoms with Crippen LogP contribution in [0.3, 0.4) is 0 Å². The molecule has 0 bridgehead atoms. The maximum Gasteiger partial charge on any atom is 0.265 e. The van der Waals surface area contributed by atoms with E-state index >= 15 is 0 Å². The molecule has 0 aliphatic heterocycles. The molecule has 0 fully saturated rings. The summed E-state index contributed by atoms with van der Waals surface area (Å²) in [5.41, 5.74) is 0.550. The Hall–Kier alpha value is -0.650. The van der Waals surface area contributed by atoms with Gasteiger partial charge in [0.1, 0.15) is 17.3 Å². The van der Waals surface area contributed by atoms with Gasteiger partial charge in [0.2, 0.25) is 0 Å². The Labute approximate surface area is 141 Å². The second-order valence-electron chi connectivity index (χ2n) is 4.02. The molecule has 0 atom stereocenters. The van der Waals surface area contributed by atoms with Crippen molar-refractivity contribution in [2.75, 3.05) is 0 Å². The summed E-state index contributed by atoms with van der Waals surface area (Å²) in [5.74, 6) is 0.0744. The predicted molar refractivity (Wildman–Crippen MR) is 85.3 cm³/mol. The number of rotatable bonds is 4. The molecule has 0 amide bonds. The van der Waals surface area contributed by atoms with Gasteiger partial charge in [0.15, 0.2) is 0 Å². The minimum atomic E-state index is -3.98. The van der Waals surface area contributed by atoms with Crippen LogP contribution in [0.25, 0.3) is 0 Å². The van der Waals surface area contributed by atoms with Gasteiger partial charge in [0.05, 0.1) is 0 Å². The zero-order valence-electron chi connectivity index (χ0n) is 10.3. The van der Waals surface area contributed by atoms with Crippen molar-refractivity contribution in [2.45, 2.75) is 11.5 Å². The van der Waals surface area contributed by atoms with Crippen LogP contribution >= 0.6 is 45.5 Å². The van der Waals surface area contributed by atoms with E-state index in [-0.39, 0.29) is 22.3 Å². The standard InChI is InChI=1S/C13H8Cl4O3S/c14-8-4-5-12(13(6-8)21(17,18)19)20-7-9-10(15)2-1-3-11(9)16/h1-6H,7H2. The van der Waals surface area contributed by atoms with Crippen molar-refractivity contribution in [3.05, 3.63) is 57.0 Å². The number of hydrogen-bond donors (Lipinski definition) is 0. The molecule has 112 valence electrons. The lowest BCUT2D eigenvalue weighted by Gasteiger charge is -2.12. The van der Waals surface area contributed by atoms with E-state index in [4.69, 9.17) is 50.2 Å². The summed E-state index contributed by atoms with van der Waals surface area (Å²) in [6.07, 6.45) is 0. The van der Waals surface area contributed by atoms with E-state index < -0.39 is 9.05 Å². The molecule has 0 aliphatic rings. The van der Waals surface area contributed by atoms with Crippen LogP contribution in [0.2, 0.25) is 15.1 Å². The van der Waals surface area contributed by atoms with Crippen molar-refractivity contribution in [1.82, 2.24) is 0 Å². The Morgan fingerprint density at radius 3 is 2.19 bits per heavy atom. The second kappa shape index (κ2) is 6.63. The van der Waals surface area contributed by atoms with Crippen molar-refractivity contribution in [1.29, 1.82) is 0 Å². The fourth-order valence-electron chi connectivity index (χ4n) is 1.61. The molecular formula is C13H8Cl4O3S. The van der Waals surface area contributed by atoms with E-state index in [9.17, 15) is 8.42 Å². The predicted octanol–water partition coefficient (Wildman–Crippen LogP) is 5.15. The van der Waals surface area contributed by atoms with Gasteiger partial charge in [-0.25, -0.2) is 8.42 Å². The van der Waals surface area contributed by atoms with E-state index in [0.717, 1.165) is 0 Å². The van der Waals surface area contributed by atoms with E-state index in [1.165, 1.54) is 18.2 Å². The molecule has 2 aromatic rings. The van der Waals surface area contributed by atoms with Crippen LogP contribution in [0.4, 0.5) is 0 Å². The second-order valence-corrected chi connectivity index (χ2v) is 7.80. The van der Waals surface area contributed by atoms with Crippen molar-refractivity contribution in [3.63, 3.8) is 0 Å². The molecule has 0 aliphatic carbocycles. The molecule has 3 nitrogen and oxygen atoms in total. The Bertz CT molecular complexity index is 755. The number of benzene rings is 2. The smallest absolute Gasteiger partial charge is 0.265 e. The Morgan fingerprint density at radius 2 is 1.62 bits per heavy atom. The van der Waals surface area contributed by atoms with E-state index in [2.05, 4.69) is 0 Å². The monoisotopic (exact) mass is 384 g/mol. The van der Waals surface area contributed by atoms with Crippen molar-refractivity contribution in [3.8, 4) is 5.75 Å². The fourth-order valence-corrected chi connectivity index (χ4v) is 3.35. The van der Waals surface area contributed by atoms with Gasteiger partial charge in [-0.3, -0.25) is 0 Å². The van der Waals surface area contributed by atoms with Gasteiger partial charge in [-0.2, -0.15) is 0 Å². The molecule has 2 aromatic carbocycles. The topological polar surface area (TPSA) is 43.4 Å². The fraction of sp³-hybridized carbons (Fsp3) is 0.0769. The minimum absolute atomic E-state index is 0.000448. The largest absolute Gasteiger partial charge is 0.487 e. The lowest BCUT2D eigenvalue weighted by molar-refractivity contribution is 0.298. The summed E-state index contributed by atoms with van der Waals surface area (Å²) in [5, 5.41) is 1.08. The summed E-state index contributed by atoms with van der Waals surface area (Å²) < 4.78 is 28.5. The summed E-state index contributed by atoms with van der Waals surface area (Å²) in [6, 6.07) is 9.15. The third-order valence-corrected chi connectivity index (χ3v) is 4.89. The van der Waals surface area contributed by atoms with Gasteiger partial charge in [-0.1, -0.05) is 40.9 Å². The van der Waals surface area contributed by atoms with Gasteiger partial charge in [0.25, 0.3) is 9.05 Å². The first kappa shape index (κ1) is 16.7. The first-order valence-electron chi connectivity index (χ1n) is 5.59. The van der Waals surface area contributed by atoms with Gasteiger partial charge in [0, 0.05) is 31.3 Å². The minimum Gasteiger partial charge on any atom is -0.487 e. The van der Waals surface area contributed by atoms with Crippen molar-refractivity contribution in [2.24, 2.45) is 0 Å². The molecule has 0 aromatic heterocycles. The lowest BCUT2D eigenvalue weighted by atomic mass is 10.2. The maximum absolute atomic E-state index is 11.5. The van der Waals surface area contributed by atoms with E-state index in [1.807, 2.05) is 0 Å². The Morgan fingerprint density at radius 1 is 1.00 bits per heavy atom. The molecule has 0 N–H and O–H groups in total. The van der Waals surface area contributed by atoms with Gasteiger partial charge in [-0.15, -0.1) is 0 Å². The zero-order chi connectivity index (χ0) is 15.6. The van der Waals surface area contributed by atoms with Crippen molar-refractivity contribution >= 4 is 54.5 Å². The molecule has 0 unspecified atom stereocenters. The van der Waals surface area contributed by atoms with Crippen LogP contribution in [-0.4, -0.2) is 8.42 Å². The van der Waals surface area contributed by atoms with Gasteiger partial charge < -0.3 is 4.74 Å². The molecule has 0 spiro atoms. The summed E-state index contributed by atoms with van der Waals surface area (Å²) in [4.78, 5) is -0.208. The summed E-state index contributed by atoms with van der Waals surface area (Å²) >= 11 is 17.8.